The van der Waals surface area contributed by atoms with E-state index in [0.29, 0.717) is 16.1 Å². The molecule has 7 aliphatic heterocycles. The second-order valence-electron chi connectivity index (χ2n) is 26.3. The molecule has 0 radical (unpaired) electrons. The van der Waals surface area contributed by atoms with Crippen molar-refractivity contribution in [2.45, 2.75) is 172 Å². The van der Waals surface area contributed by atoms with E-state index in [1.54, 1.807) is 61.5 Å². The van der Waals surface area contributed by atoms with Crippen molar-refractivity contribution in [3.8, 4) is 16.9 Å². The highest BCUT2D eigenvalue weighted by Gasteiger charge is 2.55. The van der Waals surface area contributed by atoms with Crippen LogP contribution in [-0.2, 0) is 63.6 Å². The van der Waals surface area contributed by atoms with Gasteiger partial charge in [-0.2, -0.15) is 0 Å². The predicted molar refractivity (Wildman–Crippen MR) is 360 cm³/mol. The summed E-state index contributed by atoms with van der Waals surface area (Å²) in [5.74, 6) is -8.94. The molecule has 26 atom stereocenters. The fourth-order valence-electron chi connectivity index (χ4n) is 13.4. The largest absolute Gasteiger partial charge is 0.462 e. The van der Waals surface area contributed by atoms with E-state index >= 15 is 9.59 Å². The smallest absolute Gasteiger partial charge is 0.246 e. The molecule has 0 spiro atoms. The Hall–Kier alpha value is -8.39. The van der Waals surface area contributed by atoms with E-state index in [9.17, 15) is 80.5 Å². The summed E-state index contributed by atoms with van der Waals surface area (Å²) in [6.45, 7) is -3.26. The molecule has 5 saturated heterocycles. The first-order valence-corrected chi connectivity index (χ1v) is 34.1. The average Bonchev–Trinajstić information content (AvgIpc) is 1.76. The van der Waals surface area contributed by atoms with Gasteiger partial charge in [-0.1, -0.05) is 91.3 Å². The van der Waals surface area contributed by atoms with Crippen molar-refractivity contribution in [1.82, 2.24) is 42.1 Å². The Labute approximate surface area is 603 Å². The van der Waals surface area contributed by atoms with Crippen LogP contribution in [0.4, 0.5) is 0 Å². The number of nitrogens with one attached hydrogen (secondary N) is 7. The Kier molecular flexibility index (Phi) is 25.2. The first kappa shape index (κ1) is 77.7. The van der Waals surface area contributed by atoms with Crippen molar-refractivity contribution < 1.29 is 123 Å². The number of nitrogens with zero attached hydrogens (tertiary/aromatic N) is 3. The van der Waals surface area contributed by atoms with Crippen molar-refractivity contribution in [1.29, 1.82) is 0 Å². The van der Waals surface area contributed by atoms with Crippen molar-refractivity contribution in [2.24, 2.45) is 21.5 Å². The number of nitrogens with two attached hydrogens (primary N) is 2. The molecule has 0 aliphatic carbocycles. The van der Waals surface area contributed by atoms with Crippen molar-refractivity contribution in [3.63, 3.8) is 0 Å². The first-order valence-electron chi connectivity index (χ1n) is 33.7. The summed E-state index contributed by atoms with van der Waals surface area (Å²) in [5.41, 5.74) is 15.2. The monoisotopic (exact) mass is 1490 g/mol. The molecule has 4 aromatic rings. The first-order chi connectivity index (χ1) is 50.2. The summed E-state index contributed by atoms with van der Waals surface area (Å²) in [6, 6.07) is 15.5. The number of carbonyl (C=O) groups is 6. The highest BCUT2D eigenvalue weighted by molar-refractivity contribution is 6.30. The number of hydrogen-bond acceptors (Lipinski definition) is 31. The van der Waals surface area contributed by atoms with Gasteiger partial charge in [0.1, 0.15) is 121 Å². The topological polar surface area (TPSA) is 574 Å². The maximum absolute atomic E-state index is 15.2. The Bertz CT molecular complexity index is 3760. The number of halogens is 1. The quantitative estimate of drug-likeness (QED) is 0.0440. The summed E-state index contributed by atoms with van der Waals surface area (Å²) < 4.78 is 41.8. The predicted octanol–water partition coefficient (Wildman–Crippen LogP) is -8.53. The zero-order valence-electron chi connectivity index (χ0n) is 56.0. The number of guanidine groups is 2. The maximum Gasteiger partial charge on any atom is 0.246 e. The molecular weight excluding hydrogens is 1410 g/mol. The lowest BCUT2D eigenvalue weighted by molar-refractivity contribution is -0.383. The summed E-state index contributed by atoms with van der Waals surface area (Å²) in [7, 11) is 0. The minimum atomic E-state index is -2.35. The van der Waals surface area contributed by atoms with Gasteiger partial charge in [0.15, 0.2) is 30.7 Å². The third-order valence-corrected chi connectivity index (χ3v) is 19.6. The lowest BCUT2D eigenvalue weighted by atomic mass is 9.92. The Balaban J connectivity index is 0.827. The number of aliphatic imine (C=N–C) groups is 2. The number of ether oxygens (including phenoxy) is 7. The second kappa shape index (κ2) is 34.0. The second-order valence-corrected chi connectivity index (χ2v) is 26.7. The number of fused-ring (bicyclic) bond motifs is 1. The zero-order chi connectivity index (χ0) is 75.2. The molecule has 38 heteroatoms. The van der Waals surface area contributed by atoms with E-state index in [2.05, 4.69) is 47.2 Å². The third-order valence-electron chi connectivity index (χ3n) is 19.3. The average molecular weight is 1490 g/mol. The van der Waals surface area contributed by atoms with Crippen LogP contribution >= 0.6 is 11.6 Å². The van der Waals surface area contributed by atoms with Gasteiger partial charge in [-0.25, -0.2) is 0 Å². The minimum Gasteiger partial charge on any atom is -0.462 e. The number of amides is 6. The van der Waals surface area contributed by atoms with Crippen LogP contribution in [0.5, 0.6) is 5.75 Å². The lowest BCUT2D eigenvalue weighted by Crippen LogP contribution is -2.70. The third kappa shape index (κ3) is 17.4. The molecule has 0 saturated carbocycles. The molecule has 105 heavy (non-hydrogen) atoms. The molecule has 26 unspecified atom stereocenters. The van der Waals surface area contributed by atoms with Crippen LogP contribution in [0.15, 0.2) is 113 Å². The summed E-state index contributed by atoms with van der Waals surface area (Å²) in [6.07, 6.45) is -31.1. The number of aliphatic hydroxyl groups excluding tert-OH is 12. The highest BCUT2D eigenvalue weighted by atomic mass is 35.5. The molecule has 7 aliphatic rings. The summed E-state index contributed by atoms with van der Waals surface area (Å²) in [4.78, 5) is 96.7. The van der Waals surface area contributed by atoms with E-state index in [1.807, 2.05) is 24.3 Å². The molecule has 570 valence electrons. The van der Waals surface area contributed by atoms with Gasteiger partial charge in [0.05, 0.1) is 58.1 Å². The molecule has 6 amide bonds. The number of aliphatic hydroxyl groups is 12. The Morgan fingerprint density at radius 1 is 0.600 bits per heavy atom. The fourth-order valence-corrected chi connectivity index (χ4v) is 13.5. The maximum atomic E-state index is 15.2. The molecular formula is C67H85ClN12O25. The van der Waals surface area contributed by atoms with Crippen LogP contribution < -0.4 is 53.4 Å². The van der Waals surface area contributed by atoms with Gasteiger partial charge in [0.2, 0.25) is 41.7 Å². The molecule has 37 nitrogen and oxygen atoms in total. The minimum absolute atomic E-state index is 0.0528. The zero-order valence-corrected chi connectivity index (χ0v) is 56.8. The SMILES string of the molecule is CC(c1ccccc1)C1NC(=O)CNC(=O)C(CO)NC(=O)C(C(O)C2CN=C(N)N2C2OC(CO)C(O)C(O)C2O)NC(=O)C(C(O)C2CN=C(N)N2)NC(=O)C(Cc2ccc(OC3OC(CO)C(OC4OC5COC(c6cccc(-c7ccc(Cl)cc7)c6)OC5C(O)C4O)C(O)C3O)cc2)NC1=O. The van der Waals surface area contributed by atoms with Crippen LogP contribution in [0.3, 0.4) is 0 Å². The normalized spacial score (nSPS) is 35.4. The summed E-state index contributed by atoms with van der Waals surface area (Å²) >= 11 is 6.10. The summed E-state index contributed by atoms with van der Waals surface area (Å²) in [5, 5.41) is 152. The van der Waals surface area contributed by atoms with Gasteiger partial charge in [0, 0.05) is 22.9 Å². The van der Waals surface area contributed by atoms with Gasteiger partial charge in [0.25, 0.3) is 0 Å². The molecule has 11 rings (SSSR count). The Morgan fingerprint density at radius 3 is 1.95 bits per heavy atom. The van der Waals surface area contributed by atoms with Crippen molar-refractivity contribution in [2.75, 3.05) is 46.1 Å². The molecule has 0 bridgehead atoms. The van der Waals surface area contributed by atoms with E-state index in [0.717, 1.165) is 16.0 Å². The molecule has 4 aromatic carbocycles. The molecule has 0 aromatic heterocycles. The number of rotatable bonds is 18. The number of benzene rings is 4. The number of hydrogen-bond donors (Lipinski definition) is 21. The van der Waals surface area contributed by atoms with E-state index in [4.69, 9.17) is 56.2 Å². The number of carbonyl (C=O) groups excluding carboxylic acids is 6. The van der Waals surface area contributed by atoms with Crippen LogP contribution in [0.2, 0.25) is 5.02 Å². The van der Waals surface area contributed by atoms with Gasteiger partial charge in [-0.05, 0) is 52.6 Å². The van der Waals surface area contributed by atoms with Gasteiger partial charge >= 0.3 is 0 Å². The lowest BCUT2D eigenvalue weighted by Gasteiger charge is -2.48. The van der Waals surface area contributed by atoms with E-state index in [-0.39, 0.29) is 30.4 Å². The van der Waals surface area contributed by atoms with E-state index < -0.39 is 239 Å². The molecule has 23 N–H and O–H groups in total. The van der Waals surface area contributed by atoms with Crippen molar-refractivity contribution in [3.05, 3.63) is 125 Å². The van der Waals surface area contributed by atoms with Gasteiger partial charge < -0.3 is 148 Å². The van der Waals surface area contributed by atoms with Crippen LogP contribution in [0.25, 0.3) is 11.1 Å². The fraction of sp³-hybridized carbons (Fsp3) is 0.522. The van der Waals surface area contributed by atoms with Crippen LogP contribution in [0, 0.1) is 0 Å². The van der Waals surface area contributed by atoms with E-state index in [1.165, 1.54) is 24.3 Å². The van der Waals surface area contributed by atoms with Crippen LogP contribution in [0.1, 0.15) is 35.8 Å². The van der Waals surface area contributed by atoms with Gasteiger partial charge in [-0.15, -0.1) is 0 Å². The molecule has 5 fully saturated rings. The Morgan fingerprint density at radius 2 is 1.27 bits per heavy atom. The van der Waals surface area contributed by atoms with Crippen molar-refractivity contribution >= 4 is 59.0 Å². The van der Waals surface area contributed by atoms with Gasteiger partial charge in [-0.3, -0.25) is 38.8 Å². The highest BCUT2D eigenvalue weighted by Crippen LogP contribution is 2.38. The standard InChI is InChI=1S/C67H85ClN12O25/c1-27(29-6-3-2-4-7-29)43-59(96)74-35(18-28-10-16-34(17-11-28)100-64-53(92)50(89)55(40(25-83)102-64)105-65-54(93)51(90)56-41(103-65)26-99-63(104-56)32-9-5-8-31(19-32)30-12-14-33(68)15-13-30)58(95)78-44(46(85)36-20-72-66(69)76-36)61(98)79-45(60(97)75-37(23-81)57(94)71-22-42(84)77-43)47(86)38-21-73-67(70)80(38)62-52(91)49(88)48(87)39(24-82)101-62/h2-17,19,27,35-41,43-56,62-65,81-83,85-93H,18,20-26H2,1H3,(H2,70,73)(H,71,94)(H,74,96)(H,75,97)(H,77,84)(H,78,95)(H,79,98)(H3,69,72,76). The molecule has 7 heterocycles. The van der Waals surface area contributed by atoms with Crippen LogP contribution in [-0.4, -0.2) is 306 Å².